The molecular formula is C28H26N6O2. The van der Waals surface area contributed by atoms with E-state index in [1.165, 1.54) is 12.8 Å². The molecule has 0 spiro atoms. The number of hydrogen-bond donors (Lipinski definition) is 0. The lowest BCUT2D eigenvalue weighted by Gasteiger charge is -2.17. The first kappa shape index (κ1) is 21.2. The minimum atomic E-state index is -0.0594. The fraction of sp³-hybridized carbons (Fsp3) is 0.321. The normalized spacial score (nSPS) is 17.6. The quantitative estimate of drug-likeness (QED) is 0.378. The molecule has 3 aromatic heterocycles. The minimum absolute atomic E-state index is 0.0594. The number of hydrogen-bond acceptors (Lipinski definition) is 6. The average Bonchev–Trinajstić information content (AvgIpc) is 3.27. The Balaban J connectivity index is 1.24. The first-order valence-corrected chi connectivity index (χ1v) is 12.7. The maximum Gasteiger partial charge on any atom is 0.260 e. The van der Waals surface area contributed by atoms with E-state index in [0.29, 0.717) is 24.0 Å². The highest BCUT2D eigenvalue weighted by Crippen LogP contribution is 2.40. The molecule has 36 heavy (non-hydrogen) atoms. The maximum atomic E-state index is 13.6. The molecule has 0 saturated heterocycles. The number of amides is 1. The van der Waals surface area contributed by atoms with E-state index < -0.39 is 0 Å². The molecule has 0 N–H and O–H groups in total. The summed E-state index contributed by atoms with van der Waals surface area (Å²) < 4.78 is 8.56. The van der Waals surface area contributed by atoms with E-state index in [1.807, 2.05) is 48.7 Å². The molecule has 1 aliphatic heterocycles. The van der Waals surface area contributed by atoms with Crippen LogP contribution < -0.4 is 9.64 Å². The van der Waals surface area contributed by atoms with Crippen LogP contribution in [-0.2, 0) is 6.54 Å². The van der Waals surface area contributed by atoms with Gasteiger partial charge in [-0.3, -0.25) is 14.7 Å². The van der Waals surface area contributed by atoms with E-state index in [9.17, 15) is 4.79 Å². The number of carbonyl (C=O) groups excluding carboxylic acids is 1. The summed E-state index contributed by atoms with van der Waals surface area (Å²) in [6.45, 7) is 0.453. The fourth-order valence-corrected chi connectivity index (χ4v) is 5.30. The van der Waals surface area contributed by atoms with Crippen molar-refractivity contribution in [3.63, 3.8) is 0 Å². The van der Waals surface area contributed by atoms with Crippen molar-refractivity contribution in [2.24, 2.45) is 0 Å². The summed E-state index contributed by atoms with van der Waals surface area (Å²) in [6, 6.07) is 14.1. The predicted octanol–water partition coefficient (Wildman–Crippen LogP) is 5.22. The van der Waals surface area contributed by atoms with Gasteiger partial charge in [0.05, 0.1) is 12.6 Å². The number of rotatable bonds is 6. The molecule has 2 aliphatic carbocycles. The average molecular weight is 479 g/mol. The van der Waals surface area contributed by atoms with E-state index in [2.05, 4.69) is 19.7 Å². The summed E-state index contributed by atoms with van der Waals surface area (Å²) in [4.78, 5) is 24.5. The van der Waals surface area contributed by atoms with Crippen LogP contribution in [0.25, 0.3) is 22.6 Å². The maximum absolute atomic E-state index is 13.6. The summed E-state index contributed by atoms with van der Waals surface area (Å²) >= 11 is 0. The second-order valence-corrected chi connectivity index (χ2v) is 9.84. The monoisotopic (exact) mass is 478 g/mol. The van der Waals surface area contributed by atoms with Gasteiger partial charge in [0, 0.05) is 35.1 Å². The van der Waals surface area contributed by atoms with Crippen LogP contribution in [0.4, 0.5) is 5.82 Å². The van der Waals surface area contributed by atoms with Crippen molar-refractivity contribution < 1.29 is 9.53 Å². The Morgan fingerprint density at radius 1 is 0.972 bits per heavy atom. The number of pyridine rings is 2. The van der Waals surface area contributed by atoms with Crippen molar-refractivity contribution in [2.75, 3.05) is 4.90 Å². The molecule has 3 aliphatic rings. The highest BCUT2D eigenvalue weighted by atomic mass is 16.5. The molecule has 7 rings (SSSR count). The smallest absolute Gasteiger partial charge is 0.260 e. The van der Waals surface area contributed by atoms with Gasteiger partial charge in [0.15, 0.2) is 5.82 Å². The zero-order chi connectivity index (χ0) is 24.1. The second-order valence-electron chi connectivity index (χ2n) is 9.84. The Morgan fingerprint density at radius 3 is 2.67 bits per heavy atom. The van der Waals surface area contributed by atoms with Crippen molar-refractivity contribution in [1.29, 1.82) is 0 Å². The van der Waals surface area contributed by atoms with Crippen LogP contribution in [0.1, 0.15) is 60.5 Å². The summed E-state index contributed by atoms with van der Waals surface area (Å²) in [5.74, 6) is 2.12. The van der Waals surface area contributed by atoms with Crippen LogP contribution in [0.5, 0.6) is 5.75 Å². The number of aromatic nitrogens is 5. The Kier molecular flexibility index (Phi) is 5.04. The van der Waals surface area contributed by atoms with Crippen molar-refractivity contribution in [2.45, 2.75) is 57.2 Å². The van der Waals surface area contributed by atoms with E-state index in [4.69, 9.17) is 9.72 Å². The lowest BCUT2D eigenvalue weighted by atomic mass is 10.00. The highest BCUT2D eigenvalue weighted by Gasteiger charge is 2.33. The molecule has 180 valence electrons. The van der Waals surface area contributed by atoms with Gasteiger partial charge in [-0.1, -0.05) is 12.1 Å². The third-order valence-corrected chi connectivity index (χ3v) is 7.33. The molecule has 0 radical (unpaired) electrons. The largest absolute Gasteiger partial charge is 0.490 e. The van der Waals surface area contributed by atoms with E-state index in [0.717, 1.165) is 59.6 Å². The van der Waals surface area contributed by atoms with Crippen molar-refractivity contribution in [1.82, 2.24) is 24.7 Å². The Morgan fingerprint density at radius 2 is 1.86 bits per heavy atom. The Labute approximate surface area is 209 Å². The van der Waals surface area contributed by atoms with Crippen LogP contribution in [-0.4, -0.2) is 36.7 Å². The molecule has 1 aromatic carbocycles. The van der Waals surface area contributed by atoms with Crippen LogP contribution in [0.2, 0.25) is 0 Å². The first-order chi connectivity index (χ1) is 17.7. The Hall–Kier alpha value is -4.07. The Bertz CT molecular complexity index is 1440. The predicted molar refractivity (Wildman–Crippen MR) is 135 cm³/mol. The zero-order valence-electron chi connectivity index (χ0n) is 19.9. The van der Waals surface area contributed by atoms with Crippen LogP contribution in [0, 0.1) is 0 Å². The molecule has 1 amide bonds. The molecule has 8 nitrogen and oxygen atoms in total. The van der Waals surface area contributed by atoms with Gasteiger partial charge in [0.2, 0.25) is 0 Å². The molecule has 4 aromatic rings. The minimum Gasteiger partial charge on any atom is -0.490 e. The van der Waals surface area contributed by atoms with E-state index in [-0.39, 0.29) is 12.0 Å². The number of nitrogens with zero attached hydrogens (tertiary/aromatic N) is 6. The molecular weight excluding hydrogens is 452 g/mol. The van der Waals surface area contributed by atoms with Crippen molar-refractivity contribution in [3.05, 3.63) is 72.3 Å². The fourth-order valence-electron chi connectivity index (χ4n) is 5.30. The second kappa shape index (κ2) is 8.55. The van der Waals surface area contributed by atoms with Gasteiger partial charge >= 0.3 is 0 Å². The topological polar surface area (TPSA) is 86.0 Å². The van der Waals surface area contributed by atoms with Crippen LogP contribution in [0.3, 0.4) is 0 Å². The summed E-state index contributed by atoms with van der Waals surface area (Å²) in [6.07, 6.45) is 12.4. The van der Waals surface area contributed by atoms with Gasteiger partial charge in [0.25, 0.3) is 5.91 Å². The number of carbonyl (C=O) groups is 1. The van der Waals surface area contributed by atoms with Gasteiger partial charge in [-0.25, -0.2) is 4.98 Å². The van der Waals surface area contributed by atoms with Crippen LogP contribution in [0.15, 0.2) is 61.2 Å². The summed E-state index contributed by atoms with van der Waals surface area (Å²) in [5, 5.41) is 8.40. The van der Waals surface area contributed by atoms with E-state index in [1.54, 1.807) is 17.4 Å². The zero-order valence-corrected chi connectivity index (χ0v) is 19.9. The standard InChI is InChI=1S/C28H26N6O2/c35-28-23-14-22(18-5-4-12-29-15-18)25(36-21-6-1-2-7-21)13-19(23)16-33(28)26-9-3-8-24(31-26)27-32-30-17-34(27)20-10-11-20/h3-5,8-9,12-15,17,20-21H,1-2,6-7,10-11,16H2. The van der Waals surface area contributed by atoms with Gasteiger partial charge in [-0.15, -0.1) is 10.2 Å². The van der Waals surface area contributed by atoms with Gasteiger partial charge < -0.3 is 9.30 Å². The highest BCUT2D eigenvalue weighted by molar-refractivity contribution is 6.10. The number of anilines is 1. The van der Waals surface area contributed by atoms with Crippen LogP contribution >= 0.6 is 0 Å². The van der Waals surface area contributed by atoms with Crippen molar-refractivity contribution in [3.8, 4) is 28.4 Å². The molecule has 0 atom stereocenters. The molecule has 4 heterocycles. The third-order valence-electron chi connectivity index (χ3n) is 7.33. The number of fused-ring (bicyclic) bond motifs is 1. The molecule has 0 bridgehead atoms. The van der Waals surface area contributed by atoms with Gasteiger partial charge in [-0.05, 0) is 74.4 Å². The third kappa shape index (κ3) is 3.73. The van der Waals surface area contributed by atoms with Gasteiger partial charge in [0.1, 0.15) is 23.6 Å². The van der Waals surface area contributed by atoms with E-state index >= 15 is 0 Å². The summed E-state index contributed by atoms with van der Waals surface area (Å²) in [5.41, 5.74) is 4.21. The SMILES string of the molecule is O=C1c2cc(-c3cccnc3)c(OC3CCCC3)cc2CN1c1cccc(-c2nncn2C2CC2)n1. The molecule has 8 heteroatoms. The van der Waals surface area contributed by atoms with Gasteiger partial charge in [-0.2, -0.15) is 0 Å². The lowest BCUT2D eigenvalue weighted by molar-refractivity contribution is 0.0996. The van der Waals surface area contributed by atoms with Crippen molar-refractivity contribution >= 4 is 11.7 Å². The molecule has 2 fully saturated rings. The molecule has 0 unspecified atom stereocenters. The lowest BCUT2D eigenvalue weighted by Crippen LogP contribution is -2.24. The number of ether oxygens (including phenoxy) is 1. The first-order valence-electron chi connectivity index (χ1n) is 12.7. The number of benzene rings is 1. The summed E-state index contributed by atoms with van der Waals surface area (Å²) in [7, 11) is 0. The molecule has 2 saturated carbocycles.